The van der Waals surface area contributed by atoms with Gasteiger partial charge in [-0.25, -0.2) is 0 Å². The third-order valence-electron chi connectivity index (χ3n) is 9.05. The highest BCUT2D eigenvalue weighted by Crippen LogP contribution is 2.38. The fourth-order valence-corrected chi connectivity index (χ4v) is 13.9. The van der Waals surface area contributed by atoms with Gasteiger partial charge in [0.2, 0.25) is 0 Å². The van der Waals surface area contributed by atoms with Gasteiger partial charge in [0.05, 0.1) is 117 Å². The van der Waals surface area contributed by atoms with Gasteiger partial charge in [0.1, 0.15) is 12.2 Å². The molecule has 6 atom stereocenters. The molecule has 2 rings (SSSR count). The summed E-state index contributed by atoms with van der Waals surface area (Å²) >= 11 is 10.3. The standard InChI is InChI=1S/C35H44I6N6O16/c1-11(54)29(58)46-27-23(38)17(21(36)19(25(27)40)33(62)44-13(3-48)15(56)5-50)31(60)42-7-35(9-52,10-53)8-43-32(61)18-22(37)20(34(63)45-14(4-49)16(57)6-51)26(41)28(24(18)39)47-30(59)12(2)55/h11-16,48-57H,3-10H2,1-2H3,(H,42,60)(H,43,61)(H,44,62)(H,45,63)(H,46,58)(H,47,59)/t11-,12-,13?,14?,15?,16?/m0/s1. The minimum atomic E-state index is -1.71. The molecule has 0 radical (unpaired) electrons. The highest BCUT2D eigenvalue weighted by molar-refractivity contribution is 14.1. The van der Waals surface area contributed by atoms with Crippen LogP contribution < -0.4 is 31.9 Å². The van der Waals surface area contributed by atoms with Crippen molar-refractivity contribution >= 4 is 182 Å². The quantitative estimate of drug-likeness (QED) is 0.0566. The normalized spacial score (nSPS) is 14.4. The summed E-state index contributed by atoms with van der Waals surface area (Å²) in [6.45, 7) is -3.61. The number of aliphatic hydroxyl groups is 10. The minimum absolute atomic E-state index is 0.00546. The van der Waals surface area contributed by atoms with Gasteiger partial charge in [0.15, 0.2) is 0 Å². The smallest absolute Gasteiger partial charge is 0.253 e. The lowest BCUT2D eigenvalue weighted by Crippen LogP contribution is -2.50. The number of nitrogens with one attached hydrogen (secondary N) is 6. The van der Waals surface area contributed by atoms with Crippen molar-refractivity contribution in [1.82, 2.24) is 21.3 Å². The summed E-state index contributed by atoms with van der Waals surface area (Å²) in [4.78, 5) is 80.6. The molecule has 6 amide bonds. The summed E-state index contributed by atoms with van der Waals surface area (Å²) in [6.07, 6.45) is -6.20. The molecule has 0 aromatic heterocycles. The Hall–Kier alpha value is -0.760. The Morgan fingerprint density at radius 1 is 0.476 bits per heavy atom. The van der Waals surface area contributed by atoms with Crippen LogP contribution in [0.2, 0.25) is 0 Å². The molecule has 28 heteroatoms. The van der Waals surface area contributed by atoms with E-state index in [4.69, 9.17) is 0 Å². The van der Waals surface area contributed by atoms with Gasteiger partial charge in [0, 0.05) is 20.2 Å². The molecular weight excluding hydrogens is 1520 g/mol. The molecule has 0 heterocycles. The van der Waals surface area contributed by atoms with Crippen molar-refractivity contribution < 1.29 is 79.8 Å². The highest BCUT2D eigenvalue weighted by atomic mass is 127. The predicted octanol–water partition coefficient (Wildman–Crippen LogP) is -2.03. The molecule has 352 valence electrons. The van der Waals surface area contributed by atoms with Crippen LogP contribution in [-0.4, -0.2) is 176 Å². The summed E-state index contributed by atoms with van der Waals surface area (Å²) in [5.41, 5.74) is -2.65. The zero-order chi connectivity index (χ0) is 48.3. The van der Waals surface area contributed by atoms with E-state index >= 15 is 0 Å². The van der Waals surface area contributed by atoms with Crippen molar-refractivity contribution in [2.45, 2.75) is 50.3 Å². The molecule has 2 aromatic rings. The first kappa shape index (κ1) is 58.4. The van der Waals surface area contributed by atoms with Gasteiger partial charge in [-0.2, -0.15) is 0 Å². The topological polar surface area (TPSA) is 377 Å². The van der Waals surface area contributed by atoms with E-state index in [2.05, 4.69) is 31.9 Å². The van der Waals surface area contributed by atoms with Crippen LogP contribution >= 0.6 is 136 Å². The maximum atomic E-state index is 14.1. The Morgan fingerprint density at radius 3 is 1.00 bits per heavy atom. The van der Waals surface area contributed by atoms with Crippen molar-refractivity contribution in [2.75, 3.05) is 63.4 Å². The Labute approximate surface area is 441 Å². The number of aliphatic hydroxyl groups excluding tert-OH is 10. The molecule has 16 N–H and O–H groups in total. The first-order valence-corrected chi connectivity index (χ1v) is 24.5. The van der Waals surface area contributed by atoms with Crippen molar-refractivity contribution in [3.8, 4) is 0 Å². The lowest BCUT2D eigenvalue weighted by atomic mass is 9.89. The fourth-order valence-electron chi connectivity index (χ4n) is 5.11. The lowest BCUT2D eigenvalue weighted by molar-refractivity contribution is -0.123. The van der Waals surface area contributed by atoms with Crippen LogP contribution in [0.15, 0.2) is 0 Å². The largest absolute Gasteiger partial charge is 0.396 e. The van der Waals surface area contributed by atoms with Crippen LogP contribution in [-0.2, 0) is 9.59 Å². The van der Waals surface area contributed by atoms with Gasteiger partial charge >= 0.3 is 0 Å². The van der Waals surface area contributed by atoms with Crippen molar-refractivity contribution in [3.63, 3.8) is 0 Å². The van der Waals surface area contributed by atoms with Gasteiger partial charge < -0.3 is 83.0 Å². The lowest BCUT2D eigenvalue weighted by Gasteiger charge is -2.31. The van der Waals surface area contributed by atoms with Crippen molar-refractivity contribution in [3.05, 3.63) is 43.7 Å². The van der Waals surface area contributed by atoms with Gasteiger partial charge in [-0.3, -0.25) is 28.8 Å². The zero-order valence-corrected chi connectivity index (χ0v) is 45.8. The van der Waals surface area contributed by atoms with Crippen LogP contribution in [0.4, 0.5) is 11.4 Å². The second-order valence-electron chi connectivity index (χ2n) is 13.7. The maximum Gasteiger partial charge on any atom is 0.253 e. The minimum Gasteiger partial charge on any atom is -0.396 e. The summed E-state index contributed by atoms with van der Waals surface area (Å²) in [5, 5.41) is 114. The number of amides is 6. The summed E-state index contributed by atoms with van der Waals surface area (Å²) in [5.74, 6) is -5.47. The van der Waals surface area contributed by atoms with Crippen LogP contribution in [0.5, 0.6) is 0 Å². The number of rotatable bonds is 22. The van der Waals surface area contributed by atoms with Crippen LogP contribution in [0.3, 0.4) is 0 Å². The number of hydrogen-bond acceptors (Lipinski definition) is 16. The van der Waals surface area contributed by atoms with E-state index in [0.29, 0.717) is 0 Å². The molecule has 0 aliphatic rings. The third-order valence-corrected chi connectivity index (χ3v) is 15.5. The average molecular weight is 1570 g/mol. The van der Waals surface area contributed by atoms with E-state index in [9.17, 15) is 79.8 Å². The molecule has 0 aliphatic heterocycles. The second kappa shape index (κ2) is 26.7. The van der Waals surface area contributed by atoms with Crippen LogP contribution in [0.25, 0.3) is 0 Å². The van der Waals surface area contributed by atoms with Crippen molar-refractivity contribution in [1.29, 1.82) is 0 Å². The van der Waals surface area contributed by atoms with E-state index < -0.39 is 130 Å². The SMILES string of the molecule is C[C@H](O)C(=O)Nc1c(I)c(C(=O)NCC(CO)(CO)CNC(=O)c2c(I)c(NC(=O)[C@H](C)O)c(I)c(C(=O)NC(CO)C(O)CO)c2I)c(I)c(C(=O)NC(CO)C(O)CO)c1I. The third kappa shape index (κ3) is 14.6. The molecule has 0 fully saturated rings. The Bertz CT molecular complexity index is 1910. The van der Waals surface area contributed by atoms with E-state index in [1.165, 1.54) is 13.8 Å². The molecular formula is C35H44I6N6O16. The van der Waals surface area contributed by atoms with Crippen LogP contribution in [0, 0.1) is 26.8 Å². The molecule has 22 nitrogen and oxygen atoms in total. The predicted molar refractivity (Wildman–Crippen MR) is 274 cm³/mol. The van der Waals surface area contributed by atoms with Gasteiger partial charge in [-0.1, -0.05) is 0 Å². The number of carbonyl (C=O) groups is 6. The zero-order valence-electron chi connectivity index (χ0n) is 32.8. The molecule has 0 saturated carbocycles. The van der Waals surface area contributed by atoms with E-state index in [1.807, 2.05) is 0 Å². The number of halogens is 6. The van der Waals surface area contributed by atoms with E-state index in [0.717, 1.165) is 0 Å². The monoisotopic (exact) mass is 1570 g/mol. The Balaban J connectivity index is 2.64. The Kier molecular flexibility index (Phi) is 24.7. The molecule has 2 aromatic carbocycles. The number of benzene rings is 2. The summed E-state index contributed by atoms with van der Waals surface area (Å²) in [7, 11) is 0. The van der Waals surface area contributed by atoms with E-state index in [1.54, 1.807) is 136 Å². The maximum absolute atomic E-state index is 14.1. The molecule has 0 spiro atoms. The highest BCUT2D eigenvalue weighted by Gasteiger charge is 2.36. The number of hydrogen-bond donors (Lipinski definition) is 16. The first-order valence-electron chi connectivity index (χ1n) is 18.0. The second-order valence-corrected chi connectivity index (χ2v) is 20.1. The molecule has 0 aliphatic carbocycles. The van der Waals surface area contributed by atoms with Crippen molar-refractivity contribution in [2.24, 2.45) is 5.41 Å². The molecule has 0 bridgehead atoms. The van der Waals surface area contributed by atoms with E-state index in [-0.39, 0.29) is 55.0 Å². The van der Waals surface area contributed by atoms with Gasteiger partial charge in [-0.15, -0.1) is 0 Å². The molecule has 0 saturated heterocycles. The number of carbonyl (C=O) groups excluding carboxylic acids is 6. The molecule has 4 unspecified atom stereocenters. The molecule has 63 heavy (non-hydrogen) atoms. The van der Waals surface area contributed by atoms with Gasteiger partial charge in [-0.05, 0) is 149 Å². The number of anilines is 2. The Morgan fingerprint density at radius 2 is 0.762 bits per heavy atom. The average Bonchev–Trinajstić information content (AvgIpc) is 3.24. The first-order chi connectivity index (χ1) is 29.4. The summed E-state index contributed by atoms with van der Waals surface area (Å²) in [6, 6.07) is -2.69. The van der Waals surface area contributed by atoms with Gasteiger partial charge in [0.25, 0.3) is 35.4 Å². The fraction of sp³-hybridized carbons (Fsp3) is 0.486. The summed E-state index contributed by atoms with van der Waals surface area (Å²) < 4.78 is 0.363. The van der Waals surface area contributed by atoms with Crippen LogP contribution in [0.1, 0.15) is 55.3 Å².